The van der Waals surface area contributed by atoms with Gasteiger partial charge < -0.3 is 9.64 Å². The topological polar surface area (TPSA) is 41.9 Å². The van der Waals surface area contributed by atoms with E-state index in [2.05, 4.69) is 71.6 Å². The standard InChI is InChI=1S/C27H28N2O2S/c1-3-31-26(30)25-18(2)29-24(20-13-8-5-9-14-20)22-16-10-15-21(23(22)28-27(29)32-25)17-19-11-6-4-7-12-19/h4-9,11-14,17,22-24H,3,10,15-16H2,1-2H3/b21-17-. The summed E-state index contributed by atoms with van der Waals surface area (Å²) < 4.78 is 5.35. The molecule has 164 valence electrons. The number of carbonyl (C=O) groups is 1. The fraction of sp³-hybridized carbons (Fsp3) is 0.333. The molecule has 1 saturated carbocycles. The SMILES string of the molecule is CCOC(=O)C1=C(C)N2C(=NC3/C(=C\c4ccccc4)CCCC3C2c2ccccc2)S1. The van der Waals surface area contributed by atoms with Crippen LogP contribution in [0.5, 0.6) is 0 Å². The third kappa shape index (κ3) is 3.79. The van der Waals surface area contributed by atoms with E-state index < -0.39 is 0 Å². The summed E-state index contributed by atoms with van der Waals surface area (Å²) in [7, 11) is 0. The second-order valence-electron chi connectivity index (χ2n) is 8.51. The molecule has 0 aromatic heterocycles. The molecule has 3 atom stereocenters. The van der Waals surface area contributed by atoms with Crippen molar-refractivity contribution in [3.8, 4) is 0 Å². The lowest BCUT2D eigenvalue weighted by molar-refractivity contribution is -0.137. The van der Waals surface area contributed by atoms with Gasteiger partial charge in [-0.25, -0.2) is 4.79 Å². The van der Waals surface area contributed by atoms with Crippen LogP contribution in [0.4, 0.5) is 0 Å². The Morgan fingerprint density at radius 3 is 2.59 bits per heavy atom. The first-order chi connectivity index (χ1) is 15.7. The number of nitrogens with zero attached hydrogens (tertiary/aromatic N) is 2. The second kappa shape index (κ2) is 8.99. The molecule has 2 aliphatic heterocycles. The lowest BCUT2D eigenvalue weighted by Crippen LogP contribution is -2.45. The first-order valence-electron chi connectivity index (χ1n) is 11.4. The number of esters is 1. The van der Waals surface area contributed by atoms with Gasteiger partial charge in [0, 0.05) is 11.6 Å². The number of hydrogen-bond acceptors (Lipinski definition) is 5. The average Bonchev–Trinajstić information content (AvgIpc) is 3.15. The van der Waals surface area contributed by atoms with Gasteiger partial charge in [-0.15, -0.1) is 0 Å². The summed E-state index contributed by atoms with van der Waals surface area (Å²) in [5, 5.41) is 0.918. The largest absolute Gasteiger partial charge is 0.462 e. The van der Waals surface area contributed by atoms with Crippen molar-refractivity contribution in [1.29, 1.82) is 0 Å². The van der Waals surface area contributed by atoms with E-state index >= 15 is 0 Å². The summed E-state index contributed by atoms with van der Waals surface area (Å²) in [6.45, 7) is 4.25. The quantitative estimate of drug-likeness (QED) is 0.527. The summed E-state index contributed by atoms with van der Waals surface area (Å²) >= 11 is 1.47. The molecule has 0 radical (unpaired) electrons. The van der Waals surface area contributed by atoms with E-state index in [4.69, 9.17) is 9.73 Å². The van der Waals surface area contributed by atoms with Crippen LogP contribution in [-0.2, 0) is 9.53 Å². The van der Waals surface area contributed by atoms with E-state index in [1.165, 1.54) is 28.5 Å². The predicted octanol–water partition coefficient (Wildman–Crippen LogP) is 6.19. The summed E-state index contributed by atoms with van der Waals surface area (Å²) in [5.74, 6) is 0.115. The monoisotopic (exact) mass is 444 g/mol. The van der Waals surface area contributed by atoms with Crippen molar-refractivity contribution in [2.24, 2.45) is 10.9 Å². The predicted molar refractivity (Wildman–Crippen MR) is 131 cm³/mol. The van der Waals surface area contributed by atoms with Crippen molar-refractivity contribution in [1.82, 2.24) is 4.90 Å². The second-order valence-corrected chi connectivity index (χ2v) is 9.48. The molecule has 0 saturated heterocycles. The summed E-state index contributed by atoms with van der Waals surface area (Å²) in [6, 6.07) is 21.5. The molecular weight excluding hydrogens is 416 g/mol. The number of hydrogen-bond donors (Lipinski definition) is 0. The van der Waals surface area contributed by atoms with Gasteiger partial charge in [-0.05, 0) is 61.6 Å². The minimum Gasteiger partial charge on any atom is -0.462 e. The van der Waals surface area contributed by atoms with Crippen LogP contribution in [0, 0.1) is 5.92 Å². The number of fused-ring (bicyclic) bond motifs is 2. The van der Waals surface area contributed by atoms with Gasteiger partial charge in [0.05, 0.1) is 18.7 Å². The van der Waals surface area contributed by atoms with E-state index in [0.717, 1.165) is 30.1 Å². The van der Waals surface area contributed by atoms with Gasteiger partial charge in [-0.1, -0.05) is 66.7 Å². The van der Waals surface area contributed by atoms with Crippen molar-refractivity contribution in [2.75, 3.05) is 6.61 Å². The maximum absolute atomic E-state index is 12.7. The third-order valence-corrected chi connectivity index (χ3v) is 7.72. The third-order valence-electron chi connectivity index (χ3n) is 6.56. The van der Waals surface area contributed by atoms with Crippen LogP contribution >= 0.6 is 11.8 Å². The molecule has 0 amide bonds. The molecule has 5 heteroatoms. The van der Waals surface area contributed by atoms with Crippen molar-refractivity contribution in [3.63, 3.8) is 0 Å². The van der Waals surface area contributed by atoms with Crippen molar-refractivity contribution < 1.29 is 9.53 Å². The minimum absolute atomic E-state index is 0.127. The minimum atomic E-state index is -0.248. The molecule has 4 nitrogen and oxygen atoms in total. The highest BCUT2D eigenvalue weighted by Gasteiger charge is 2.47. The smallest absolute Gasteiger partial charge is 0.346 e. The average molecular weight is 445 g/mol. The van der Waals surface area contributed by atoms with Gasteiger partial charge in [0.15, 0.2) is 5.17 Å². The van der Waals surface area contributed by atoms with Gasteiger partial charge in [0.2, 0.25) is 0 Å². The van der Waals surface area contributed by atoms with Crippen LogP contribution in [-0.4, -0.2) is 28.7 Å². The summed E-state index contributed by atoms with van der Waals surface area (Å²) in [6.07, 6.45) is 5.67. The number of carbonyl (C=O) groups excluding carboxylic acids is 1. The Balaban J connectivity index is 1.60. The van der Waals surface area contributed by atoms with Gasteiger partial charge in [-0.2, -0.15) is 0 Å². The number of rotatable bonds is 4. The van der Waals surface area contributed by atoms with Gasteiger partial charge in [0.1, 0.15) is 4.91 Å². The molecule has 2 aromatic carbocycles. The molecule has 32 heavy (non-hydrogen) atoms. The molecule has 5 rings (SSSR count). The Labute approximate surface area is 194 Å². The van der Waals surface area contributed by atoms with Gasteiger partial charge in [0.25, 0.3) is 0 Å². The highest BCUT2D eigenvalue weighted by molar-refractivity contribution is 8.18. The maximum Gasteiger partial charge on any atom is 0.346 e. The van der Waals surface area contributed by atoms with Crippen molar-refractivity contribution >= 4 is 29.0 Å². The zero-order chi connectivity index (χ0) is 22.1. The molecule has 2 aromatic rings. The Hall–Kier alpha value is -2.79. The van der Waals surface area contributed by atoms with Crippen molar-refractivity contribution in [3.05, 3.63) is 88.0 Å². The maximum atomic E-state index is 12.7. The van der Waals surface area contributed by atoms with Crippen LogP contribution in [0.3, 0.4) is 0 Å². The van der Waals surface area contributed by atoms with Crippen LogP contribution in [0.15, 0.2) is 81.8 Å². The Kier molecular flexibility index (Phi) is 5.92. The highest BCUT2D eigenvalue weighted by atomic mass is 32.2. The zero-order valence-electron chi connectivity index (χ0n) is 18.5. The number of amidine groups is 1. The van der Waals surface area contributed by atoms with E-state index in [0.29, 0.717) is 17.4 Å². The number of aliphatic imine (C=N–C) groups is 1. The number of benzene rings is 2. The molecule has 3 unspecified atom stereocenters. The first-order valence-corrected chi connectivity index (χ1v) is 12.2. The van der Waals surface area contributed by atoms with Crippen LogP contribution in [0.25, 0.3) is 6.08 Å². The fourth-order valence-corrected chi connectivity index (χ4v) is 6.26. The lowest BCUT2D eigenvalue weighted by Gasteiger charge is -2.46. The van der Waals surface area contributed by atoms with Crippen LogP contribution in [0.1, 0.15) is 50.3 Å². The normalized spacial score (nSPS) is 25.9. The first kappa shape index (κ1) is 21.1. The van der Waals surface area contributed by atoms with Gasteiger partial charge >= 0.3 is 5.97 Å². The van der Waals surface area contributed by atoms with Crippen molar-refractivity contribution in [2.45, 2.75) is 45.2 Å². The summed E-state index contributed by atoms with van der Waals surface area (Å²) in [4.78, 5) is 20.9. The molecular formula is C27H28N2O2S. The highest BCUT2D eigenvalue weighted by Crippen LogP contribution is 2.52. The van der Waals surface area contributed by atoms with Crippen LogP contribution in [0.2, 0.25) is 0 Å². The van der Waals surface area contributed by atoms with E-state index in [1.54, 1.807) is 0 Å². The molecule has 1 fully saturated rings. The summed E-state index contributed by atoms with van der Waals surface area (Å²) in [5.41, 5.74) is 4.85. The number of ether oxygens (including phenoxy) is 1. The van der Waals surface area contributed by atoms with E-state index in [1.807, 2.05) is 13.8 Å². The molecule has 0 N–H and O–H groups in total. The van der Waals surface area contributed by atoms with E-state index in [9.17, 15) is 4.79 Å². The lowest BCUT2D eigenvalue weighted by atomic mass is 9.73. The Morgan fingerprint density at radius 1 is 1.16 bits per heavy atom. The Bertz CT molecular complexity index is 1090. The van der Waals surface area contributed by atoms with Gasteiger partial charge in [-0.3, -0.25) is 4.99 Å². The zero-order valence-corrected chi connectivity index (χ0v) is 19.3. The molecule has 1 aliphatic carbocycles. The Morgan fingerprint density at radius 2 is 1.88 bits per heavy atom. The molecule has 2 heterocycles. The molecule has 3 aliphatic rings. The number of allylic oxidation sites excluding steroid dienone is 1. The van der Waals surface area contributed by atoms with E-state index in [-0.39, 0.29) is 18.1 Å². The molecule has 0 bridgehead atoms. The fourth-order valence-electron chi connectivity index (χ4n) is 5.18. The molecule has 0 spiro atoms. The number of thioether (sulfide) groups is 1. The van der Waals surface area contributed by atoms with Crippen LogP contribution < -0.4 is 0 Å².